The third-order valence-corrected chi connectivity index (χ3v) is 2.34. The van der Waals surface area contributed by atoms with Gasteiger partial charge in [-0.3, -0.25) is 4.79 Å². The van der Waals surface area contributed by atoms with Crippen molar-refractivity contribution in [2.24, 2.45) is 0 Å². The van der Waals surface area contributed by atoms with Gasteiger partial charge in [-0.25, -0.2) is 4.79 Å². The minimum atomic E-state index is -4.42. The summed E-state index contributed by atoms with van der Waals surface area (Å²) in [5, 5.41) is 13.1. The number of benzene rings is 1. The van der Waals surface area contributed by atoms with Crippen molar-refractivity contribution in [1.29, 1.82) is 0 Å². The molecule has 0 radical (unpaired) electrons. The number of carboxylic acids is 1. The minimum absolute atomic E-state index is 0.0258. The van der Waals surface area contributed by atoms with Gasteiger partial charge in [0.15, 0.2) is 0 Å². The molecule has 0 aliphatic carbocycles. The lowest BCUT2D eigenvalue weighted by Gasteiger charge is -2.11. The SMILES string of the molecule is COc1ccc(NC(=O)CNCC(F)(F)F)c(C(=O)O)c1. The number of methoxy groups -OCH3 is 1. The van der Waals surface area contributed by atoms with Gasteiger partial charge in [0.25, 0.3) is 0 Å². The van der Waals surface area contributed by atoms with E-state index in [9.17, 15) is 22.8 Å². The second-order valence-electron chi connectivity index (χ2n) is 3.98. The Morgan fingerprint density at radius 1 is 1.33 bits per heavy atom. The quantitative estimate of drug-likeness (QED) is 0.741. The van der Waals surface area contributed by atoms with Gasteiger partial charge in [0, 0.05) is 0 Å². The van der Waals surface area contributed by atoms with Crippen LogP contribution in [0.25, 0.3) is 0 Å². The average molecular weight is 306 g/mol. The molecule has 0 bridgehead atoms. The molecule has 0 unspecified atom stereocenters. The van der Waals surface area contributed by atoms with Crippen LogP contribution in [-0.4, -0.2) is 43.4 Å². The molecular weight excluding hydrogens is 293 g/mol. The van der Waals surface area contributed by atoms with Crippen LogP contribution in [0.4, 0.5) is 18.9 Å². The highest BCUT2D eigenvalue weighted by Crippen LogP contribution is 2.22. The van der Waals surface area contributed by atoms with E-state index < -0.39 is 31.1 Å². The van der Waals surface area contributed by atoms with Crippen LogP contribution in [0.15, 0.2) is 18.2 Å². The first-order chi connectivity index (χ1) is 9.73. The highest BCUT2D eigenvalue weighted by Gasteiger charge is 2.26. The predicted molar refractivity (Wildman–Crippen MR) is 67.5 cm³/mol. The summed E-state index contributed by atoms with van der Waals surface area (Å²) < 4.78 is 40.6. The van der Waals surface area contributed by atoms with E-state index in [4.69, 9.17) is 9.84 Å². The van der Waals surface area contributed by atoms with E-state index in [0.29, 0.717) is 0 Å². The lowest BCUT2D eigenvalue weighted by atomic mass is 10.1. The fourth-order valence-corrected chi connectivity index (χ4v) is 1.45. The summed E-state index contributed by atoms with van der Waals surface area (Å²) in [4.78, 5) is 22.5. The van der Waals surface area contributed by atoms with E-state index in [0.717, 1.165) is 0 Å². The van der Waals surface area contributed by atoms with Crippen LogP contribution in [0.2, 0.25) is 0 Å². The number of rotatable bonds is 6. The molecule has 1 aromatic carbocycles. The summed E-state index contributed by atoms with van der Waals surface area (Å²) >= 11 is 0. The first kappa shape index (κ1) is 16.8. The fraction of sp³-hybridized carbons (Fsp3) is 0.333. The van der Waals surface area contributed by atoms with E-state index in [1.807, 2.05) is 5.32 Å². The van der Waals surface area contributed by atoms with Crippen molar-refractivity contribution in [2.45, 2.75) is 6.18 Å². The Labute approximate surface area is 117 Å². The zero-order valence-electron chi connectivity index (χ0n) is 11.0. The van der Waals surface area contributed by atoms with Gasteiger partial charge < -0.3 is 20.5 Å². The Morgan fingerprint density at radius 2 is 2.00 bits per heavy atom. The standard InChI is InChI=1S/C12H13F3N2O4/c1-21-7-2-3-9(8(4-7)11(19)20)17-10(18)5-16-6-12(13,14)15/h2-4,16H,5-6H2,1H3,(H,17,18)(H,19,20). The highest BCUT2D eigenvalue weighted by molar-refractivity contribution is 6.01. The number of hydrogen-bond acceptors (Lipinski definition) is 4. The Hall–Kier alpha value is -2.29. The van der Waals surface area contributed by atoms with Crippen LogP contribution >= 0.6 is 0 Å². The average Bonchev–Trinajstić information content (AvgIpc) is 2.37. The third-order valence-electron chi connectivity index (χ3n) is 2.34. The molecule has 0 saturated carbocycles. The summed E-state index contributed by atoms with van der Waals surface area (Å²) in [6.07, 6.45) is -4.42. The van der Waals surface area contributed by atoms with Crippen molar-refractivity contribution in [3.05, 3.63) is 23.8 Å². The van der Waals surface area contributed by atoms with Crippen LogP contribution in [0, 0.1) is 0 Å². The molecule has 1 rings (SSSR count). The molecule has 1 aromatic rings. The van der Waals surface area contributed by atoms with Gasteiger partial charge in [-0.15, -0.1) is 0 Å². The Balaban J connectivity index is 2.69. The maximum atomic E-state index is 11.9. The van der Waals surface area contributed by atoms with Crippen molar-refractivity contribution in [3.8, 4) is 5.75 Å². The highest BCUT2D eigenvalue weighted by atomic mass is 19.4. The topological polar surface area (TPSA) is 87.7 Å². The van der Waals surface area contributed by atoms with E-state index in [-0.39, 0.29) is 17.0 Å². The van der Waals surface area contributed by atoms with Crippen LogP contribution in [-0.2, 0) is 4.79 Å². The van der Waals surface area contributed by atoms with Crippen LogP contribution in [0.5, 0.6) is 5.75 Å². The zero-order valence-corrected chi connectivity index (χ0v) is 11.0. The Bertz CT molecular complexity index is 532. The molecule has 0 atom stereocenters. The molecule has 0 heterocycles. The molecule has 1 amide bonds. The van der Waals surface area contributed by atoms with Gasteiger partial charge in [0.1, 0.15) is 5.75 Å². The number of carboxylic acid groups (broad SMARTS) is 1. The number of ether oxygens (including phenoxy) is 1. The molecular formula is C12H13F3N2O4. The predicted octanol–water partition coefficient (Wildman–Crippen LogP) is 1.48. The number of nitrogens with one attached hydrogen (secondary N) is 2. The molecule has 3 N–H and O–H groups in total. The second kappa shape index (κ2) is 6.93. The molecule has 6 nitrogen and oxygen atoms in total. The number of carbonyl (C=O) groups is 2. The smallest absolute Gasteiger partial charge is 0.401 e. The van der Waals surface area contributed by atoms with E-state index >= 15 is 0 Å². The number of amides is 1. The number of aromatic carboxylic acids is 1. The normalized spacial score (nSPS) is 11.0. The van der Waals surface area contributed by atoms with Gasteiger partial charge >= 0.3 is 12.1 Å². The molecule has 0 fully saturated rings. The monoisotopic (exact) mass is 306 g/mol. The fourth-order valence-electron chi connectivity index (χ4n) is 1.45. The van der Waals surface area contributed by atoms with Crippen LogP contribution in [0.3, 0.4) is 0 Å². The van der Waals surface area contributed by atoms with Crippen LogP contribution < -0.4 is 15.4 Å². The second-order valence-corrected chi connectivity index (χ2v) is 3.98. The van der Waals surface area contributed by atoms with E-state index in [2.05, 4.69) is 5.32 Å². The van der Waals surface area contributed by atoms with E-state index in [1.165, 1.54) is 25.3 Å². The molecule has 0 spiro atoms. The zero-order chi connectivity index (χ0) is 16.0. The minimum Gasteiger partial charge on any atom is -0.497 e. The summed E-state index contributed by atoms with van der Waals surface area (Å²) in [5.74, 6) is -1.81. The molecule has 9 heteroatoms. The Kier molecular flexibility index (Phi) is 5.53. The van der Waals surface area contributed by atoms with Crippen molar-refractivity contribution in [2.75, 3.05) is 25.5 Å². The first-order valence-corrected chi connectivity index (χ1v) is 5.71. The third kappa shape index (κ3) is 5.69. The summed E-state index contributed by atoms with van der Waals surface area (Å²) in [6.45, 7) is -1.90. The number of anilines is 1. The number of hydrogen-bond donors (Lipinski definition) is 3. The van der Waals surface area contributed by atoms with Gasteiger partial charge in [0.2, 0.25) is 5.91 Å². The largest absolute Gasteiger partial charge is 0.497 e. The number of alkyl halides is 3. The maximum Gasteiger partial charge on any atom is 0.401 e. The van der Waals surface area contributed by atoms with E-state index in [1.54, 1.807) is 0 Å². The van der Waals surface area contributed by atoms with Crippen molar-refractivity contribution >= 4 is 17.6 Å². The molecule has 116 valence electrons. The summed E-state index contributed by atoms with van der Waals surface area (Å²) in [5.41, 5.74) is -0.249. The van der Waals surface area contributed by atoms with Crippen molar-refractivity contribution < 1.29 is 32.6 Å². The van der Waals surface area contributed by atoms with Gasteiger partial charge in [-0.05, 0) is 18.2 Å². The lowest BCUT2D eigenvalue weighted by molar-refractivity contribution is -0.126. The van der Waals surface area contributed by atoms with Gasteiger partial charge in [0.05, 0.1) is 31.5 Å². The summed E-state index contributed by atoms with van der Waals surface area (Å²) in [7, 11) is 1.35. The first-order valence-electron chi connectivity index (χ1n) is 5.71. The lowest BCUT2D eigenvalue weighted by Crippen LogP contribution is -2.35. The van der Waals surface area contributed by atoms with Crippen LogP contribution in [0.1, 0.15) is 10.4 Å². The van der Waals surface area contributed by atoms with Crippen molar-refractivity contribution in [1.82, 2.24) is 5.32 Å². The Morgan fingerprint density at radius 3 is 2.52 bits per heavy atom. The maximum absolute atomic E-state index is 11.9. The van der Waals surface area contributed by atoms with Gasteiger partial charge in [-0.1, -0.05) is 0 Å². The number of carbonyl (C=O) groups excluding carboxylic acids is 1. The van der Waals surface area contributed by atoms with Gasteiger partial charge in [-0.2, -0.15) is 13.2 Å². The molecule has 21 heavy (non-hydrogen) atoms. The van der Waals surface area contributed by atoms with Crippen molar-refractivity contribution in [3.63, 3.8) is 0 Å². The molecule has 0 aliphatic rings. The summed E-state index contributed by atoms with van der Waals surface area (Å²) in [6, 6.07) is 3.91. The molecule has 0 saturated heterocycles. The molecule has 0 aliphatic heterocycles. The number of halogens is 3. The molecule has 0 aromatic heterocycles.